The zero-order valence-electron chi connectivity index (χ0n) is 13.7. The van der Waals surface area contributed by atoms with Crippen LogP contribution in [0, 0.1) is 5.82 Å². The smallest absolute Gasteiger partial charge is 0.269 e. The minimum absolute atomic E-state index is 0.230. The van der Waals surface area contributed by atoms with Gasteiger partial charge in [0.2, 0.25) is 0 Å². The highest BCUT2D eigenvalue weighted by atomic mass is 32.1. The number of H-pyrrole nitrogens is 1. The van der Waals surface area contributed by atoms with Crippen LogP contribution in [0.15, 0.2) is 54.6 Å². The molecule has 0 atom stereocenters. The van der Waals surface area contributed by atoms with E-state index in [1.165, 1.54) is 12.1 Å². The summed E-state index contributed by atoms with van der Waals surface area (Å²) in [5.74, 6) is -0.538. The molecule has 2 aromatic heterocycles. The Morgan fingerprint density at radius 2 is 1.96 bits per heavy atom. The first-order valence-electron chi connectivity index (χ1n) is 8.13. The van der Waals surface area contributed by atoms with Crippen molar-refractivity contribution in [2.75, 3.05) is 6.54 Å². The highest BCUT2D eigenvalue weighted by molar-refractivity contribution is 7.18. The van der Waals surface area contributed by atoms with Crippen LogP contribution in [0.5, 0.6) is 0 Å². The average molecular weight is 366 g/mol. The number of carbonyl (C=O) groups excluding carboxylic acids is 1. The molecule has 0 aliphatic heterocycles. The molecule has 5 nitrogen and oxygen atoms in total. The Hall–Kier alpha value is -3.06. The van der Waals surface area contributed by atoms with Gasteiger partial charge in [0.05, 0.1) is 20.9 Å². The Morgan fingerprint density at radius 1 is 1.15 bits per heavy atom. The minimum Gasteiger partial charge on any atom is -0.350 e. The third-order valence-corrected chi connectivity index (χ3v) is 5.02. The van der Waals surface area contributed by atoms with Gasteiger partial charge in [-0.15, -0.1) is 11.3 Å². The average Bonchev–Trinajstić information content (AvgIpc) is 3.29. The van der Waals surface area contributed by atoms with Crippen molar-refractivity contribution in [3.63, 3.8) is 0 Å². The van der Waals surface area contributed by atoms with Gasteiger partial charge >= 0.3 is 0 Å². The van der Waals surface area contributed by atoms with E-state index in [0.29, 0.717) is 24.4 Å². The first-order valence-corrected chi connectivity index (χ1v) is 8.95. The highest BCUT2D eigenvalue weighted by Crippen LogP contribution is 2.21. The number of hydrogen-bond acceptors (Lipinski definition) is 4. The number of benzene rings is 2. The van der Waals surface area contributed by atoms with Gasteiger partial charge < -0.3 is 5.32 Å². The van der Waals surface area contributed by atoms with E-state index in [9.17, 15) is 9.18 Å². The van der Waals surface area contributed by atoms with Crippen molar-refractivity contribution >= 4 is 27.5 Å². The number of nitrogens with one attached hydrogen (secondary N) is 2. The largest absolute Gasteiger partial charge is 0.350 e. The summed E-state index contributed by atoms with van der Waals surface area (Å²) in [5.41, 5.74) is 2.70. The summed E-state index contributed by atoms with van der Waals surface area (Å²) in [6.45, 7) is 0.490. The number of thiazole rings is 1. The molecule has 0 saturated heterocycles. The van der Waals surface area contributed by atoms with Gasteiger partial charge in [0.25, 0.3) is 5.91 Å². The lowest BCUT2D eigenvalue weighted by atomic mass is 10.1. The lowest BCUT2D eigenvalue weighted by Gasteiger charge is -2.01. The molecule has 0 bridgehead atoms. The van der Waals surface area contributed by atoms with Gasteiger partial charge in [0.15, 0.2) is 0 Å². The molecular weight excluding hydrogens is 351 g/mol. The second-order valence-electron chi connectivity index (χ2n) is 5.75. The zero-order valence-corrected chi connectivity index (χ0v) is 14.5. The summed E-state index contributed by atoms with van der Waals surface area (Å²) >= 11 is 1.63. The van der Waals surface area contributed by atoms with Crippen LogP contribution in [0.4, 0.5) is 4.39 Å². The van der Waals surface area contributed by atoms with Crippen LogP contribution in [0.3, 0.4) is 0 Å². The topological polar surface area (TPSA) is 70.7 Å². The van der Waals surface area contributed by atoms with Crippen molar-refractivity contribution in [1.82, 2.24) is 20.5 Å². The van der Waals surface area contributed by atoms with Crippen molar-refractivity contribution in [3.05, 3.63) is 71.1 Å². The first kappa shape index (κ1) is 16.4. The maximum atomic E-state index is 13.0. The SMILES string of the molecule is O=C(NCCc1nc2ccccc2s1)c1cc(-c2ccc(F)cc2)n[nH]1. The monoisotopic (exact) mass is 366 g/mol. The van der Waals surface area contributed by atoms with Crippen LogP contribution < -0.4 is 5.32 Å². The van der Waals surface area contributed by atoms with Crippen LogP contribution in [-0.4, -0.2) is 27.6 Å². The Balaban J connectivity index is 1.37. The maximum Gasteiger partial charge on any atom is 0.269 e. The molecule has 0 aliphatic carbocycles. The van der Waals surface area contributed by atoms with E-state index in [4.69, 9.17) is 0 Å². The summed E-state index contributed by atoms with van der Waals surface area (Å²) in [7, 11) is 0. The molecule has 0 unspecified atom stereocenters. The van der Waals surface area contributed by atoms with Crippen molar-refractivity contribution in [3.8, 4) is 11.3 Å². The molecule has 0 radical (unpaired) electrons. The predicted octanol–water partition coefficient (Wildman–Crippen LogP) is 3.80. The van der Waals surface area contributed by atoms with Crippen LogP contribution >= 0.6 is 11.3 Å². The normalized spacial score (nSPS) is 11.0. The van der Waals surface area contributed by atoms with Gasteiger partial charge in [-0.3, -0.25) is 9.89 Å². The molecule has 2 N–H and O–H groups in total. The van der Waals surface area contributed by atoms with E-state index in [2.05, 4.69) is 20.5 Å². The zero-order chi connectivity index (χ0) is 17.9. The van der Waals surface area contributed by atoms with Gasteiger partial charge in [0.1, 0.15) is 11.5 Å². The highest BCUT2D eigenvalue weighted by Gasteiger charge is 2.11. The molecule has 1 amide bonds. The number of carbonyl (C=O) groups is 1. The number of aromatic amines is 1. The fraction of sp³-hybridized carbons (Fsp3) is 0.105. The van der Waals surface area contributed by atoms with Crippen molar-refractivity contribution in [2.24, 2.45) is 0 Å². The van der Waals surface area contributed by atoms with E-state index >= 15 is 0 Å². The Morgan fingerprint density at radius 3 is 2.77 bits per heavy atom. The maximum absolute atomic E-state index is 13.0. The number of rotatable bonds is 5. The van der Waals surface area contributed by atoms with E-state index < -0.39 is 0 Å². The molecule has 0 saturated carbocycles. The summed E-state index contributed by atoms with van der Waals surface area (Å²) < 4.78 is 14.1. The first-order chi connectivity index (χ1) is 12.7. The van der Waals surface area contributed by atoms with Gasteiger partial charge in [-0.2, -0.15) is 5.10 Å². The van der Waals surface area contributed by atoms with Crippen LogP contribution in [-0.2, 0) is 6.42 Å². The summed E-state index contributed by atoms with van der Waals surface area (Å²) in [6, 6.07) is 15.6. The molecule has 2 heterocycles. The Labute approximate surface area is 152 Å². The molecular formula is C19H15FN4OS. The van der Waals surface area contributed by atoms with E-state index in [0.717, 1.165) is 20.8 Å². The summed E-state index contributed by atoms with van der Waals surface area (Å²) in [5, 5.41) is 10.7. The molecule has 2 aromatic carbocycles. The third kappa shape index (κ3) is 3.48. The number of halogens is 1. The Kier molecular flexibility index (Phi) is 4.45. The van der Waals surface area contributed by atoms with Gasteiger partial charge in [-0.25, -0.2) is 9.37 Å². The van der Waals surface area contributed by atoms with Gasteiger partial charge in [0, 0.05) is 18.5 Å². The number of amides is 1. The van der Waals surface area contributed by atoms with Crippen LogP contribution in [0.1, 0.15) is 15.5 Å². The van der Waals surface area contributed by atoms with Gasteiger partial charge in [-0.1, -0.05) is 12.1 Å². The fourth-order valence-electron chi connectivity index (χ4n) is 2.61. The number of fused-ring (bicyclic) bond motifs is 1. The fourth-order valence-corrected chi connectivity index (χ4v) is 3.58. The molecule has 7 heteroatoms. The second-order valence-corrected chi connectivity index (χ2v) is 6.87. The number of para-hydroxylation sites is 1. The summed E-state index contributed by atoms with van der Waals surface area (Å²) in [6.07, 6.45) is 0.671. The van der Waals surface area contributed by atoms with E-state index in [-0.39, 0.29) is 11.7 Å². The minimum atomic E-state index is -0.308. The predicted molar refractivity (Wildman–Crippen MR) is 99.6 cm³/mol. The Bertz CT molecular complexity index is 1020. The lowest BCUT2D eigenvalue weighted by Crippen LogP contribution is -2.25. The molecule has 0 fully saturated rings. The van der Waals surface area contributed by atoms with Crippen LogP contribution in [0.25, 0.3) is 21.5 Å². The van der Waals surface area contributed by atoms with Crippen LogP contribution in [0.2, 0.25) is 0 Å². The number of hydrogen-bond donors (Lipinski definition) is 2. The molecule has 4 rings (SSSR count). The van der Waals surface area contributed by atoms with E-state index in [1.54, 1.807) is 29.5 Å². The van der Waals surface area contributed by atoms with Crippen molar-refractivity contribution in [2.45, 2.75) is 6.42 Å². The van der Waals surface area contributed by atoms with Crippen molar-refractivity contribution < 1.29 is 9.18 Å². The molecule has 4 aromatic rings. The quantitative estimate of drug-likeness (QED) is 0.564. The second kappa shape index (κ2) is 7.05. The van der Waals surface area contributed by atoms with Crippen molar-refractivity contribution in [1.29, 1.82) is 0 Å². The number of nitrogens with zero attached hydrogens (tertiary/aromatic N) is 2. The van der Waals surface area contributed by atoms with Gasteiger partial charge in [-0.05, 0) is 42.5 Å². The molecule has 130 valence electrons. The van der Waals surface area contributed by atoms with E-state index in [1.807, 2.05) is 24.3 Å². The molecule has 26 heavy (non-hydrogen) atoms. The third-order valence-electron chi connectivity index (χ3n) is 3.93. The molecule has 0 aliphatic rings. The number of aromatic nitrogens is 3. The standard InChI is InChI=1S/C19H15FN4OS/c20-13-7-5-12(6-8-13)15-11-16(24-23-15)19(25)21-10-9-18-22-14-3-1-2-4-17(14)26-18/h1-8,11H,9-10H2,(H,21,25)(H,23,24). The lowest BCUT2D eigenvalue weighted by molar-refractivity contribution is 0.0949. The summed E-state index contributed by atoms with van der Waals surface area (Å²) in [4.78, 5) is 16.8. The molecule has 0 spiro atoms.